The van der Waals surface area contributed by atoms with Gasteiger partial charge >= 0.3 is 0 Å². The number of rotatable bonds is 5. The Morgan fingerprint density at radius 1 is 1.50 bits per heavy atom. The molecule has 1 rings (SSSR count). The second kappa shape index (κ2) is 6.55. The van der Waals surface area contributed by atoms with Crippen LogP contribution in [0.15, 0.2) is 24.3 Å². The summed E-state index contributed by atoms with van der Waals surface area (Å²) in [5, 5.41) is 5.78. The van der Waals surface area contributed by atoms with Gasteiger partial charge in [0.05, 0.1) is 6.54 Å². The normalized spacial score (nSPS) is 11.2. The van der Waals surface area contributed by atoms with Crippen molar-refractivity contribution in [1.82, 2.24) is 5.32 Å². The molecule has 1 aromatic rings. The minimum atomic E-state index is -0.323. The summed E-state index contributed by atoms with van der Waals surface area (Å²) in [6.07, 6.45) is 5.09. The van der Waals surface area contributed by atoms with Crippen LogP contribution >= 0.6 is 0 Å². The van der Waals surface area contributed by atoms with Crippen molar-refractivity contribution in [3.8, 4) is 12.3 Å². The molecule has 18 heavy (non-hydrogen) atoms. The zero-order chi connectivity index (χ0) is 13.5. The van der Waals surface area contributed by atoms with Gasteiger partial charge in [-0.3, -0.25) is 4.79 Å². The Hall–Kier alpha value is -2.15. The number of terminal acetylenes is 1. The highest BCUT2D eigenvalue weighted by atomic mass is 16.2. The van der Waals surface area contributed by atoms with Crippen molar-refractivity contribution < 1.29 is 4.79 Å². The topological polar surface area (TPSA) is 44.4 Å². The Kier molecular flexibility index (Phi) is 5.06. The Bertz CT molecular complexity index is 449. The Labute approximate surface area is 108 Å². The summed E-state index contributed by atoms with van der Waals surface area (Å²) in [5.74, 6) is 2.27. The zero-order valence-corrected chi connectivity index (χ0v) is 11.0. The lowest BCUT2D eigenvalue weighted by molar-refractivity contribution is -0.121. The van der Waals surface area contributed by atoms with Gasteiger partial charge in [0.2, 0.25) is 5.91 Å². The van der Waals surface area contributed by atoms with E-state index in [1.165, 1.54) is 0 Å². The van der Waals surface area contributed by atoms with Crippen LogP contribution in [0.3, 0.4) is 0 Å². The number of anilines is 2. The Balaban J connectivity index is 2.64. The van der Waals surface area contributed by atoms with E-state index in [1.54, 1.807) is 6.92 Å². The van der Waals surface area contributed by atoms with Crippen LogP contribution in [0.1, 0.15) is 6.92 Å². The van der Waals surface area contributed by atoms with Crippen molar-refractivity contribution in [2.75, 3.05) is 30.9 Å². The first kappa shape index (κ1) is 13.9. The first-order chi connectivity index (χ1) is 8.54. The van der Waals surface area contributed by atoms with E-state index in [0.717, 1.165) is 11.4 Å². The molecule has 0 aliphatic rings. The molecule has 0 radical (unpaired) electrons. The zero-order valence-electron chi connectivity index (χ0n) is 11.0. The molecule has 0 aliphatic heterocycles. The quantitative estimate of drug-likeness (QED) is 0.769. The average molecular weight is 245 g/mol. The molecule has 0 aromatic heterocycles. The molecular weight excluding hydrogens is 226 g/mol. The van der Waals surface area contributed by atoms with Gasteiger partial charge in [-0.15, -0.1) is 6.42 Å². The van der Waals surface area contributed by atoms with Crippen LogP contribution in [0, 0.1) is 12.3 Å². The van der Waals surface area contributed by atoms with E-state index in [0.29, 0.717) is 0 Å². The number of hydrogen-bond donors (Lipinski definition) is 2. The summed E-state index contributed by atoms with van der Waals surface area (Å²) in [5.41, 5.74) is 1.99. The fourth-order valence-electron chi connectivity index (χ4n) is 1.48. The van der Waals surface area contributed by atoms with E-state index < -0.39 is 0 Å². The molecule has 0 spiro atoms. The van der Waals surface area contributed by atoms with E-state index in [-0.39, 0.29) is 18.5 Å². The largest absolute Gasteiger partial charge is 0.378 e. The lowest BCUT2D eigenvalue weighted by Gasteiger charge is -2.17. The third kappa shape index (κ3) is 4.02. The van der Waals surface area contributed by atoms with E-state index in [2.05, 4.69) is 16.6 Å². The first-order valence-electron chi connectivity index (χ1n) is 5.79. The standard InChI is InChI=1S/C14H19N3O/c1-5-9-15-14(18)11(2)16-12-7-6-8-13(10-12)17(3)4/h1,6-8,10-11,16H,9H2,2-4H3,(H,15,18). The van der Waals surface area contributed by atoms with Crippen LogP contribution in [-0.4, -0.2) is 32.6 Å². The lowest BCUT2D eigenvalue weighted by Crippen LogP contribution is -2.37. The molecule has 0 bridgehead atoms. The molecule has 4 nitrogen and oxygen atoms in total. The summed E-state index contributed by atoms with van der Waals surface area (Å²) in [6.45, 7) is 2.05. The van der Waals surface area contributed by atoms with E-state index >= 15 is 0 Å². The van der Waals surface area contributed by atoms with E-state index in [4.69, 9.17) is 6.42 Å². The summed E-state index contributed by atoms with van der Waals surface area (Å²) in [6, 6.07) is 7.55. The van der Waals surface area contributed by atoms with Gasteiger partial charge < -0.3 is 15.5 Å². The van der Waals surface area contributed by atoms with Crippen molar-refractivity contribution >= 4 is 17.3 Å². The molecule has 1 unspecified atom stereocenters. The molecule has 4 heteroatoms. The van der Waals surface area contributed by atoms with Gasteiger partial charge in [0.15, 0.2) is 0 Å². The highest BCUT2D eigenvalue weighted by molar-refractivity contribution is 5.84. The minimum Gasteiger partial charge on any atom is -0.378 e. The van der Waals surface area contributed by atoms with Crippen molar-refractivity contribution in [2.24, 2.45) is 0 Å². The van der Waals surface area contributed by atoms with Crippen molar-refractivity contribution in [1.29, 1.82) is 0 Å². The van der Waals surface area contributed by atoms with E-state index in [1.807, 2.05) is 43.3 Å². The number of nitrogens with zero attached hydrogens (tertiary/aromatic N) is 1. The average Bonchev–Trinajstić information content (AvgIpc) is 2.36. The molecule has 1 atom stereocenters. The van der Waals surface area contributed by atoms with Crippen molar-refractivity contribution in [3.05, 3.63) is 24.3 Å². The fraction of sp³-hybridized carbons (Fsp3) is 0.357. The SMILES string of the molecule is C#CCNC(=O)C(C)Nc1cccc(N(C)C)c1. The van der Waals surface area contributed by atoms with Gasteiger partial charge in [-0.05, 0) is 25.1 Å². The number of carbonyl (C=O) groups excluding carboxylic acids is 1. The highest BCUT2D eigenvalue weighted by Crippen LogP contribution is 2.17. The third-order valence-corrected chi connectivity index (χ3v) is 2.50. The minimum absolute atomic E-state index is 0.108. The van der Waals surface area contributed by atoms with Gasteiger partial charge in [-0.2, -0.15) is 0 Å². The van der Waals surface area contributed by atoms with Crippen LogP contribution in [0.25, 0.3) is 0 Å². The third-order valence-electron chi connectivity index (χ3n) is 2.50. The van der Waals surface area contributed by atoms with Gasteiger partial charge in [0.25, 0.3) is 0 Å². The van der Waals surface area contributed by atoms with Crippen molar-refractivity contribution in [2.45, 2.75) is 13.0 Å². The molecule has 0 saturated carbocycles. The summed E-state index contributed by atoms with van der Waals surface area (Å²) in [7, 11) is 3.95. The number of hydrogen-bond acceptors (Lipinski definition) is 3. The van der Waals surface area contributed by atoms with Crippen LogP contribution < -0.4 is 15.5 Å². The molecule has 96 valence electrons. The van der Waals surface area contributed by atoms with Gasteiger partial charge in [-0.1, -0.05) is 12.0 Å². The lowest BCUT2D eigenvalue weighted by atomic mass is 10.2. The van der Waals surface area contributed by atoms with Crippen molar-refractivity contribution in [3.63, 3.8) is 0 Å². The number of carbonyl (C=O) groups is 1. The molecule has 0 saturated heterocycles. The molecule has 2 N–H and O–H groups in total. The molecular formula is C14H19N3O. The molecule has 0 heterocycles. The van der Waals surface area contributed by atoms with Crippen LogP contribution in [0.2, 0.25) is 0 Å². The second-order valence-electron chi connectivity index (χ2n) is 4.23. The fourth-order valence-corrected chi connectivity index (χ4v) is 1.48. The Morgan fingerprint density at radius 2 is 2.22 bits per heavy atom. The van der Waals surface area contributed by atoms with E-state index in [9.17, 15) is 4.79 Å². The molecule has 0 aliphatic carbocycles. The molecule has 0 fully saturated rings. The first-order valence-corrected chi connectivity index (χ1v) is 5.79. The number of benzene rings is 1. The molecule has 1 amide bonds. The maximum Gasteiger partial charge on any atom is 0.242 e. The van der Waals surface area contributed by atoms with Crippen LogP contribution in [-0.2, 0) is 4.79 Å². The van der Waals surface area contributed by atoms with Gasteiger partial charge in [0.1, 0.15) is 6.04 Å². The maximum absolute atomic E-state index is 11.6. The van der Waals surface area contributed by atoms with Gasteiger partial charge in [0, 0.05) is 25.5 Å². The molecule has 1 aromatic carbocycles. The Morgan fingerprint density at radius 3 is 2.83 bits per heavy atom. The predicted octanol–water partition coefficient (Wildman–Crippen LogP) is 1.30. The number of amides is 1. The predicted molar refractivity (Wildman–Crippen MR) is 75.7 cm³/mol. The highest BCUT2D eigenvalue weighted by Gasteiger charge is 2.11. The van der Waals surface area contributed by atoms with Gasteiger partial charge in [-0.25, -0.2) is 0 Å². The maximum atomic E-state index is 11.6. The second-order valence-corrected chi connectivity index (χ2v) is 4.23. The summed E-state index contributed by atoms with van der Waals surface area (Å²) >= 11 is 0. The number of nitrogens with one attached hydrogen (secondary N) is 2. The monoisotopic (exact) mass is 245 g/mol. The summed E-state index contributed by atoms with van der Waals surface area (Å²) < 4.78 is 0. The summed E-state index contributed by atoms with van der Waals surface area (Å²) in [4.78, 5) is 13.7. The smallest absolute Gasteiger partial charge is 0.242 e. The van der Waals surface area contributed by atoms with Crippen LogP contribution in [0.5, 0.6) is 0 Å². The van der Waals surface area contributed by atoms with Crippen LogP contribution in [0.4, 0.5) is 11.4 Å².